The number of nitrogens with zero attached hydrogens (tertiary/aromatic N) is 3. The Morgan fingerprint density at radius 2 is 1.54 bits per heavy atom. The number of anilines is 1. The van der Waals surface area contributed by atoms with Gasteiger partial charge in [0.05, 0.1) is 42.2 Å². The minimum Gasteiger partial charge on any atom is -0.382 e. The molecule has 2 amide bonds. The van der Waals surface area contributed by atoms with Crippen LogP contribution in [-0.2, 0) is 59.0 Å². The second-order valence-electron chi connectivity index (χ2n) is 17.2. The number of benzene rings is 2. The standard InChI is InChI=1S/C48H59N3O12S2/c1-59-32-33-60-31-30-50-40-21-19-36(64-63-62-55)34-38(40)47(25-11-6-12-26-47)43(50)17-9-4-2-3-8-16-42-48(27-13-7-14-28-48)39-35-37(65(56,57)58)20-22-41(39)49(42)29-15-5-10-18-46(54)61-51-44(52)23-24-45(51)53/h2-4,8-9,16-17,19-22,34-35H,5-7,10-15,18,23-33H2,1H3,(H-,55,56,57,58)/p+1. The number of hydroxylamine groups is 2. The van der Waals surface area contributed by atoms with Crippen LogP contribution in [0.3, 0.4) is 0 Å². The van der Waals surface area contributed by atoms with E-state index in [1.54, 1.807) is 19.2 Å². The Labute approximate surface area is 385 Å². The van der Waals surface area contributed by atoms with Crippen molar-refractivity contribution in [3.05, 3.63) is 95.8 Å². The van der Waals surface area contributed by atoms with Gasteiger partial charge >= 0.3 is 5.97 Å². The van der Waals surface area contributed by atoms with Gasteiger partial charge in [0.25, 0.3) is 21.9 Å². The summed E-state index contributed by atoms with van der Waals surface area (Å²) in [5.74, 6) is -1.64. The molecule has 2 aromatic rings. The number of unbranched alkanes of at least 4 members (excludes halogenated alkanes) is 2. The van der Waals surface area contributed by atoms with E-state index in [4.69, 9.17) is 23.9 Å². The van der Waals surface area contributed by atoms with Gasteiger partial charge in [0.1, 0.15) is 6.54 Å². The summed E-state index contributed by atoms with van der Waals surface area (Å²) in [5.41, 5.74) is 5.82. The fraction of sp³-hybridized carbons (Fsp3) is 0.500. The molecule has 65 heavy (non-hydrogen) atoms. The maximum Gasteiger partial charge on any atom is 0.333 e. The number of amides is 2. The van der Waals surface area contributed by atoms with Crippen LogP contribution >= 0.6 is 12.0 Å². The molecule has 15 nitrogen and oxygen atoms in total. The van der Waals surface area contributed by atoms with Crippen molar-refractivity contribution in [3.63, 3.8) is 0 Å². The summed E-state index contributed by atoms with van der Waals surface area (Å²) in [4.78, 5) is 44.4. The van der Waals surface area contributed by atoms with Gasteiger partial charge in [0.2, 0.25) is 5.69 Å². The Morgan fingerprint density at radius 3 is 2.25 bits per heavy atom. The first-order valence-electron chi connectivity index (χ1n) is 22.7. The van der Waals surface area contributed by atoms with Crippen molar-refractivity contribution in [2.45, 2.75) is 123 Å². The molecule has 350 valence electrons. The van der Waals surface area contributed by atoms with E-state index in [1.807, 2.05) is 30.4 Å². The van der Waals surface area contributed by atoms with Crippen LogP contribution in [0, 0.1) is 0 Å². The van der Waals surface area contributed by atoms with Crippen LogP contribution in [0.25, 0.3) is 0 Å². The molecule has 3 fully saturated rings. The minimum absolute atomic E-state index is 0.0410. The summed E-state index contributed by atoms with van der Waals surface area (Å²) in [6, 6.07) is 11.1. The minimum atomic E-state index is -4.43. The Kier molecular flexibility index (Phi) is 16.7. The highest BCUT2D eigenvalue weighted by Crippen LogP contribution is 2.56. The van der Waals surface area contributed by atoms with Gasteiger partial charge in [0, 0.05) is 78.7 Å². The van der Waals surface area contributed by atoms with Gasteiger partial charge < -0.3 is 19.2 Å². The Hall–Kier alpha value is -4.46. The molecule has 2 aromatic carbocycles. The van der Waals surface area contributed by atoms with E-state index >= 15 is 0 Å². The van der Waals surface area contributed by atoms with E-state index in [9.17, 15) is 27.4 Å². The number of fused-ring (bicyclic) bond motifs is 4. The summed E-state index contributed by atoms with van der Waals surface area (Å²) in [7, 11) is -2.77. The second kappa shape index (κ2) is 22.4. The number of ether oxygens (including phenoxy) is 2. The van der Waals surface area contributed by atoms with Gasteiger partial charge in [-0.15, -0.1) is 9.40 Å². The van der Waals surface area contributed by atoms with Gasteiger partial charge in [-0.25, -0.2) is 10.1 Å². The summed E-state index contributed by atoms with van der Waals surface area (Å²) in [6.07, 6.45) is 26.6. The van der Waals surface area contributed by atoms with Gasteiger partial charge in [-0.2, -0.15) is 13.0 Å². The normalized spacial score (nSPS) is 20.0. The largest absolute Gasteiger partial charge is 0.382 e. The molecule has 2 N–H and O–H groups in total. The molecule has 3 heterocycles. The molecule has 3 aliphatic heterocycles. The topological polar surface area (TPSA) is 181 Å². The quantitative estimate of drug-likeness (QED) is 0.0177. The van der Waals surface area contributed by atoms with E-state index in [0.717, 1.165) is 97.4 Å². The average Bonchev–Trinajstić information content (AvgIpc) is 3.84. The van der Waals surface area contributed by atoms with Gasteiger partial charge in [-0.1, -0.05) is 73.9 Å². The maximum absolute atomic E-state index is 12.5. The van der Waals surface area contributed by atoms with Crippen LogP contribution in [0.2, 0.25) is 0 Å². The third-order valence-electron chi connectivity index (χ3n) is 13.3. The van der Waals surface area contributed by atoms with Crippen LogP contribution < -0.4 is 4.90 Å². The molecule has 0 atom stereocenters. The van der Waals surface area contributed by atoms with E-state index in [1.165, 1.54) is 23.7 Å². The van der Waals surface area contributed by atoms with Crippen molar-refractivity contribution in [1.29, 1.82) is 0 Å². The molecule has 2 spiro atoms. The van der Waals surface area contributed by atoms with Gasteiger partial charge in [-0.05, 0) is 80.5 Å². The Bertz CT molecular complexity index is 2310. The van der Waals surface area contributed by atoms with Crippen LogP contribution in [0.1, 0.15) is 114 Å². The van der Waals surface area contributed by atoms with Crippen LogP contribution in [0.4, 0.5) is 11.4 Å². The van der Waals surface area contributed by atoms with E-state index in [-0.39, 0.29) is 29.6 Å². The number of carbonyl (C=O) groups is 3. The third kappa shape index (κ3) is 11.1. The second-order valence-corrected chi connectivity index (χ2v) is 19.4. The van der Waals surface area contributed by atoms with Crippen LogP contribution in [-0.4, -0.2) is 91.4 Å². The first-order chi connectivity index (χ1) is 31.5. The smallest absolute Gasteiger partial charge is 0.333 e. The zero-order chi connectivity index (χ0) is 45.9. The summed E-state index contributed by atoms with van der Waals surface area (Å²) in [6.45, 7) is 2.84. The molecule has 7 rings (SSSR count). The molecule has 1 saturated heterocycles. The van der Waals surface area contributed by atoms with E-state index in [2.05, 4.69) is 44.9 Å². The molecule has 0 radical (unpaired) electrons. The third-order valence-corrected chi connectivity index (χ3v) is 14.7. The highest BCUT2D eigenvalue weighted by molar-refractivity contribution is 7.94. The number of imide groups is 1. The predicted molar refractivity (Wildman–Crippen MR) is 244 cm³/mol. The molecule has 5 aliphatic rings. The summed E-state index contributed by atoms with van der Waals surface area (Å²) >= 11 is 0.966. The molecule has 2 aliphatic carbocycles. The number of rotatable bonds is 21. The molecule has 2 saturated carbocycles. The number of hydrogen-bond donors (Lipinski definition) is 2. The zero-order valence-electron chi connectivity index (χ0n) is 37.0. The number of allylic oxidation sites excluding steroid dienone is 8. The monoisotopic (exact) mass is 934 g/mol. The van der Waals surface area contributed by atoms with Crippen LogP contribution in [0.5, 0.6) is 0 Å². The highest BCUT2D eigenvalue weighted by atomic mass is 32.2. The predicted octanol–water partition coefficient (Wildman–Crippen LogP) is 8.77. The lowest BCUT2D eigenvalue weighted by atomic mass is 9.67. The van der Waals surface area contributed by atoms with E-state index in [0.29, 0.717) is 57.2 Å². The lowest BCUT2D eigenvalue weighted by Gasteiger charge is -2.37. The maximum atomic E-state index is 12.5. The van der Waals surface area contributed by atoms with Crippen LogP contribution in [0.15, 0.2) is 94.4 Å². The average molecular weight is 935 g/mol. The van der Waals surface area contributed by atoms with E-state index < -0.39 is 33.3 Å². The zero-order valence-corrected chi connectivity index (χ0v) is 38.6. The highest BCUT2D eigenvalue weighted by Gasteiger charge is 2.52. The first kappa shape index (κ1) is 48.5. The van der Waals surface area contributed by atoms with Crippen molar-refractivity contribution in [3.8, 4) is 0 Å². The van der Waals surface area contributed by atoms with Gasteiger partial charge in [-0.3, -0.25) is 14.1 Å². The Morgan fingerprint density at radius 1 is 0.831 bits per heavy atom. The number of hydrogen-bond acceptors (Lipinski definition) is 13. The molecule has 0 aromatic heterocycles. The molecule has 0 unspecified atom stereocenters. The van der Waals surface area contributed by atoms with Crippen molar-refractivity contribution < 1.29 is 60.9 Å². The Balaban J connectivity index is 1.12. The molecule has 0 bridgehead atoms. The number of methoxy groups -OCH3 is 1. The fourth-order valence-corrected chi connectivity index (χ4v) is 11.2. The van der Waals surface area contributed by atoms with Crippen molar-refractivity contribution in [2.75, 3.05) is 44.9 Å². The lowest BCUT2D eigenvalue weighted by molar-refractivity contribution is -0.438. The SMILES string of the molecule is COCCOCCN1\C(=C/C=C/C=C/C=C/C2=[N+](CCCCCC(=O)ON3C(=O)CCC3=O)c3ccc(S(=O)(=O)O)cc3C23CCCCC3)C2(CCCCC2)c2cc(SOOO)ccc21. The summed E-state index contributed by atoms with van der Waals surface area (Å²) < 4.78 is 53.0. The fourth-order valence-electron chi connectivity index (χ4n) is 10.3. The van der Waals surface area contributed by atoms with Crippen molar-refractivity contribution in [2.24, 2.45) is 0 Å². The summed E-state index contributed by atoms with van der Waals surface area (Å²) in [5, 5.41) is 13.3. The molecular formula is C48H60N3O12S2+. The van der Waals surface area contributed by atoms with Gasteiger partial charge in [0.15, 0.2) is 5.71 Å². The van der Waals surface area contributed by atoms with Crippen molar-refractivity contribution in [1.82, 2.24) is 5.06 Å². The number of carbonyl (C=O) groups excluding carboxylic acids is 3. The molecule has 17 heteroatoms. The molecular weight excluding hydrogens is 875 g/mol. The lowest BCUT2D eigenvalue weighted by Crippen LogP contribution is -2.36. The first-order valence-corrected chi connectivity index (χ1v) is 24.9. The van der Waals surface area contributed by atoms with Crippen molar-refractivity contribution >= 4 is 57.0 Å².